The monoisotopic (exact) mass is 739 g/mol. The number of carbonyl (C=O) groups excluding carboxylic acids is 4. The van der Waals surface area contributed by atoms with Gasteiger partial charge in [-0.05, 0) is 43.2 Å². The fraction of sp³-hybridized carbons (Fsp3) is 0.463. The van der Waals surface area contributed by atoms with Crippen molar-refractivity contribution in [2.24, 2.45) is 23.0 Å². The van der Waals surface area contributed by atoms with Crippen molar-refractivity contribution in [2.75, 3.05) is 20.2 Å². The van der Waals surface area contributed by atoms with E-state index in [9.17, 15) is 29.1 Å². The number of aliphatic carboxylic acids is 1. The summed E-state index contributed by atoms with van der Waals surface area (Å²) in [4.78, 5) is 75.2. The van der Waals surface area contributed by atoms with E-state index in [4.69, 9.17) is 20.2 Å². The van der Waals surface area contributed by atoms with Crippen molar-refractivity contribution in [1.82, 2.24) is 20.1 Å². The van der Waals surface area contributed by atoms with E-state index >= 15 is 0 Å². The van der Waals surface area contributed by atoms with Gasteiger partial charge in [0, 0.05) is 48.4 Å². The van der Waals surface area contributed by atoms with E-state index in [1.54, 1.807) is 13.2 Å². The Morgan fingerprint density at radius 2 is 1.81 bits per heavy atom. The number of nitrogens with two attached hydrogens (primary N) is 1. The van der Waals surface area contributed by atoms with Gasteiger partial charge in [-0.1, -0.05) is 57.2 Å². The Labute approximate surface area is 314 Å². The summed E-state index contributed by atoms with van der Waals surface area (Å²) in [6.07, 6.45) is 2.82. The summed E-state index contributed by atoms with van der Waals surface area (Å²) in [5.74, 6) is -3.44. The third-order valence-electron chi connectivity index (χ3n) is 11.1. The van der Waals surface area contributed by atoms with E-state index in [2.05, 4.69) is 11.9 Å². The van der Waals surface area contributed by atoms with Gasteiger partial charge in [-0.3, -0.25) is 19.2 Å². The molecule has 3 aromatic rings. The van der Waals surface area contributed by atoms with Gasteiger partial charge in [0.05, 0.1) is 30.8 Å². The third kappa shape index (κ3) is 7.62. The zero-order valence-corrected chi connectivity index (χ0v) is 31.2. The SMILES string of the molecule is C=CC1CC1(NC(=O)[C@@H]1C[C@@H](Oc2cc(-c3ccccc3)nc3cc(OC)ccc23)CN1C(=O)C(CC(=O)N1CCCC[C@H]1C(N)=O)C(C)(C)C)C(=O)O. The number of hydrogen-bond donors (Lipinski definition) is 3. The van der Waals surface area contributed by atoms with E-state index in [0.717, 1.165) is 18.4 Å². The third-order valence-corrected chi connectivity index (χ3v) is 11.1. The van der Waals surface area contributed by atoms with E-state index in [-0.39, 0.29) is 31.7 Å². The van der Waals surface area contributed by atoms with Crippen LogP contribution in [0.15, 0.2) is 67.3 Å². The number of primary amides is 1. The number of ether oxygens (including phenoxy) is 2. The molecular weight excluding hydrogens is 690 g/mol. The van der Waals surface area contributed by atoms with Crippen LogP contribution in [0.2, 0.25) is 0 Å². The van der Waals surface area contributed by atoms with Crippen LogP contribution in [0.4, 0.5) is 0 Å². The molecule has 2 aromatic carbocycles. The van der Waals surface area contributed by atoms with Crippen molar-refractivity contribution < 1.29 is 38.6 Å². The largest absolute Gasteiger partial charge is 0.497 e. The summed E-state index contributed by atoms with van der Waals surface area (Å²) >= 11 is 0. The molecular formula is C41H49N5O8. The fourth-order valence-electron chi connectivity index (χ4n) is 7.81. The number of rotatable bonds is 12. The van der Waals surface area contributed by atoms with Crippen LogP contribution in [0.1, 0.15) is 59.3 Å². The van der Waals surface area contributed by atoms with Gasteiger partial charge in [0.25, 0.3) is 0 Å². The molecule has 3 aliphatic rings. The van der Waals surface area contributed by atoms with Gasteiger partial charge in [0.15, 0.2) is 0 Å². The maximum absolute atomic E-state index is 14.8. The Morgan fingerprint density at radius 1 is 1.07 bits per heavy atom. The van der Waals surface area contributed by atoms with Gasteiger partial charge >= 0.3 is 5.97 Å². The summed E-state index contributed by atoms with van der Waals surface area (Å²) in [6, 6.07) is 15.0. The van der Waals surface area contributed by atoms with Crippen molar-refractivity contribution in [3.05, 3.63) is 67.3 Å². The molecule has 13 heteroatoms. The number of aromatic nitrogens is 1. The number of nitrogens with one attached hydrogen (secondary N) is 1. The van der Waals surface area contributed by atoms with Gasteiger partial charge in [-0.25, -0.2) is 9.78 Å². The Kier molecular flexibility index (Phi) is 10.7. The Bertz CT molecular complexity index is 1960. The molecule has 3 heterocycles. The lowest BCUT2D eigenvalue weighted by Crippen LogP contribution is -2.55. The molecule has 54 heavy (non-hydrogen) atoms. The molecule has 0 spiro atoms. The number of amides is 4. The van der Waals surface area contributed by atoms with E-state index in [1.165, 1.54) is 15.9 Å². The molecule has 2 saturated heterocycles. The van der Waals surface area contributed by atoms with Crippen molar-refractivity contribution in [2.45, 2.75) is 83.0 Å². The molecule has 1 saturated carbocycles. The lowest BCUT2D eigenvalue weighted by molar-refractivity contribution is -0.151. The van der Waals surface area contributed by atoms with Crippen LogP contribution in [0, 0.1) is 17.3 Å². The molecule has 1 aromatic heterocycles. The standard InChI is InChI=1S/C41H49N5O8/c1-6-25-22-41(25,39(51)52)44-37(49)33-19-27(54-34-21-30(24-12-8-7-9-13-24)43-31-18-26(53-5)15-16-28(31)34)23-46(33)38(50)29(40(2,3)4)20-35(47)45-17-11-10-14-32(45)36(42)48/h6-9,12-13,15-16,18,21,25,27,29,32-33H,1,10-11,14,17,19-20,22-23H2,2-5H3,(H2,42,48)(H,44,49)(H,51,52)/t25?,27-,29?,32+,33+,41?/m1/s1. The Morgan fingerprint density at radius 3 is 2.44 bits per heavy atom. The molecule has 0 radical (unpaired) electrons. The van der Waals surface area contributed by atoms with Gasteiger partial charge in [-0.15, -0.1) is 6.58 Å². The number of likely N-dealkylation sites (tertiary alicyclic amines) is 2. The number of carboxylic acids is 1. The zero-order chi connectivity index (χ0) is 38.9. The van der Waals surface area contributed by atoms with Gasteiger partial charge in [-0.2, -0.15) is 0 Å². The number of carbonyl (C=O) groups is 5. The summed E-state index contributed by atoms with van der Waals surface area (Å²) < 4.78 is 12.2. The molecule has 2 aliphatic heterocycles. The number of fused-ring (bicyclic) bond motifs is 1. The molecule has 6 atom stereocenters. The number of nitrogens with zero attached hydrogens (tertiary/aromatic N) is 3. The number of methoxy groups -OCH3 is 1. The summed E-state index contributed by atoms with van der Waals surface area (Å²) in [6.45, 7) is 9.64. The number of pyridine rings is 1. The van der Waals surface area contributed by atoms with E-state index < -0.39 is 64.7 Å². The van der Waals surface area contributed by atoms with E-state index in [0.29, 0.717) is 41.1 Å². The summed E-state index contributed by atoms with van der Waals surface area (Å²) in [5.41, 5.74) is 5.54. The van der Waals surface area contributed by atoms with Gasteiger partial charge in [0.1, 0.15) is 35.2 Å². The first-order valence-corrected chi connectivity index (χ1v) is 18.4. The highest BCUT2D eigenvalue weighted by molar-refractivity contribution is 5.96. The quantitative estimate of drug-likeness (QED) is 0.228. The highest BCUT2D eigenvalue weighted by atomic mass is 16.5. The highest BCUT2D eigenvalue weighted by Gasteiger charge is 2.61. The number of hydrogen-bond acceptors (Lipinski definition) is 8. The summed E-state index contributed by atoms with van der Waals surface area (Å²) in [7, 11) is 1.57. The van der Waals surface area contributed by atoms with Crippen molar-refractivity contribution in [1.29, 1.82) is 0 Å². The minimum atomic E-state index is -1.52. The topological polar surface area (TPSA) is 181 Å². The maximum atomic E-state index is 14.8. The van der Waals surface area contributed by atoms with Crippen molar-refractivity contribution >= 4 is 40.5 Å². The minimum absolute atomic E-state index is 0.00306. The smallest absolute Gasteiger partial charge is 0.330 e. The molecule has 4 amide bonds. The number of carboxylic acid groups (broad SMARTS) is 1. The first-order valence-electron chi connectivity index (χ1n) is 18.4. The average Bonchev–Trinajstić information content (AvgIpc) is 3.72. The van der Waals surface area contributed by atoms with Crippen LogP contribution in [0.5, 0.6) is 11.5 Å². The first-order chi connectivity index (χ1) is 25.7. The fourth-order valence-corrected chi connectivity index (χ4v) is 7.81. The van der Waals surface area contributed by atoms with Crippen LogP contribution < -0.4 is 20.5 Å². The Hall–Kier alpha value is -5.46. The molecule has 6 rings (SSSR count). The van der Waals surface area contributed by atoms with E-state index in [1.807, 2.05) is 69.3 Å². The molecule has 286 valence electrons. The lowest BCUT2D eigenvalue weighted by atomic mass is 9.77. The van der Waals surface area contributed by atoms with Gasteiger partial charge in [0.2, 0.25) is 23.6 Å². The van der Waals surface area contributed by atoms with Crippen molar-refractivity contribution in [3.8, 4) is 22.8 Å². The second-order valence-corrected chi connectivity index (χ2v) is 15.7. The zero-order valence-electron chi connectivity index (χ0n) is 31.2. The minimum Gasteiger partial charge on any atom is -0.497 e. The molecule has 1 aliphatic carbocycles. The second-order valence-electron chi connectivity index (χ2n) is 15.7. The molecule has 3 fully saturated rings. The van der Waals surface area contributed by atoms with Crippen LogP contribution in [-0.2, 0) is 24.0 Å². The van der Waals surface area contributed by atoms with Crippen molar-refractivity contribution in [3.63, 3.8) is 0 Å². The lowest BCUT2D eigenvalue weighted by Gasteiger charge is -2.38. The number of benzene rings is 2. The number of piperidine rings is 1. The average molecular weight is 740 g/mol. The highest BCUT2D eigenvalue weighted by Crippen LogP contribution is 2.45. The van der Waals surface area contributed by atoms with Crippen LogP contribution in [0.3, 0.4) is 0 Å². The summed E-state index contributed by atoms with van der Waals surface area (Å²) in [5, 5.41) is 13.5. The maximum Gasteiger partial charge on any atom is 0.330 e. The second kappa shape index (κ2) is 15.1. The van der Waals surface area contributed by atoms with Gasteiger partial charge < -0.3 is 35.4 Å². The Balaban J connectivity index is 1.34. The van der Waals surface area contributed by atoms with Crippen LogP contribution >= 0.6 is 0 Å². The first kappa shape index (κ1) is 38.3. The molecule has 3 unspecified atom stereocenters. The molecule has 13 nitrogen and oxygen atoms in total. The predicted octanol–water partition coefficient (Wildman–Crippen LogP) is 4.32. The van der Waals surface area contributed by atoms with Crippen LogP contribution in [-0.4, -0.2) is 93.4 Å². The predicted molar refractivity (Wildman–Crippen MR) is 201 cm³/mol. The molecule has 0 bridgehead atoms. The molecule has 4 N–H and O–H groups in total. The normalized spacial score (nSPS) is 24.4. The van der Waals surface area contributed by atoms with Crippen LogP contribution in [0.25, 0.3) is 22.2 Å².